The van der Waals surface area contributed by atoms with Crippen LogP contribution in [0.2, 0.25) is 0 Å². The Labute approximate surface area is 192 Å². The third kappa shape index (κ3) is 4.06. The normalized spacial score (nSPS) is 18.6. The van der Waals surface area contributed by atoms with E-state index in [2.05, 4.69) is 5.32 Å². The number of fused-ring (bicyclic) bond motifs is 3. The summed E-state index contributed by atoms with van der Waals surface area (Å²) in [6.45, 7) is 0.112. The summed E-state index contributed by atoms with van der Waals surface area (Å²) in [6.07, 6.45) is 8.77. The van der Waals surface area contributed by atoms with Crippen LogP contribution in [-0.4, -0.2) is 43.8 Å². The topological polar surface area (TPSA) is 71.0 Å². The van der Waals surface area contributed by atoms with Gasteiger partial charge in [0.15, 0.2) is 0 Å². The Kier molecular flexibility index (Phi) is 6.00. The second kappa shape index (κ2) is 9.06. The van der Waals surface area contributed by atoms with Crippen LogP contribution in [0.25, 0.3) is 0 Å². The van der Waals surface area contributed by atoms with Crippen molar-refractivity contribution in [3.8, 4) is 5.75 Å². The number of benzene rings is 1. The van der Waals surface area contributed by atoms with Crippen LogP contribution < -0.4 is 15.0 Å². The molecule has 1 aromatic heterocycles. The van der Waals surface area contributed by atoms with E-state index in [0.29, 0.717) is 0 Å². The number of aryl methyl sites for hydroxylation is 1. The van der Waals surface area contributed by atoms with Gasteiger partial charge in [0, 0.05) is 22.0 Å². The lowest BCUT2D eigenvalue weighted by Crippen LogP contribution is -2.45. The molecule has 0 spiro atoms. The molecule has 32 heavy (non-hydrogen) atoms. The van der Waals surface area contributed by atoms with Crippen molar-refractivity contribution in [3.05, 3.63) is 45.8 Å². The van der Waals surface area contributed by atoms with Gasteiger partial charge < -0.3 is 10.1 Å². The Morgan fingerprint density at radius 2 is 1.94 bits per heavy atom. The molecule has 0 unspecified atom stereocenters. The average Bonchev–Trinajstić information content (AvgIpc) is 3.37. The van der Waals surface area contributed by atoms with Gasteiger partial charge in [-0.05, 0) is 61.9 Å². The third-order valence-electron chi connectivity index (χ3n) is 6.69. The Morgan fingerprint density at radius 3 is 2.69 bits per heavy atom. The number of hydrogen-bond acceptors (Lipinski definition) is 5. The zero-order valence-electron chi connectivity index (χ0n) is 18.5. The van der Waals surface area contributed by atoms with Gasteiger partial charge in [0.2, 0.25) is 11.8 Å². The highest BCUT2D eigenvalue weighted by Crippen LogP contribution is 2.43. The third-order valence-corrected chi connectivity index (χ3v) is 8.01. The van der Waals surface area contributed by atoms with Crippen LogP contribution in [0.3, 0.4) is 0 Å². The van der Waals surface area contributed by atoms with E-state index in [-0.39, 0.29) is 30.9 Å². The van der Waals surface area contributed by atoms with E-state index in [4.69, 9.17) is 9.73 Å². The highest BCUT2D eigenvalue weighted by Gasteiger charge is 2.34. The number of amides is 2. The highest BCUT2D eigenvalue weighted by atomic mass is 32.1. The summed E-state index contributed by atoms with van der Waals surface area (Å²) in [5, 5.41) is 4.04. The molecule has 2 amide bonds. The molecule has 1 aromatic carbocycles. The van der Waals surface area contributed by atoms with Crippen LogP contribution in [0.15, 0.2) is 29.3 Å². The molecule has 2 aromatic rings. The zero-order valence-corrected chi connectivity index (χ0v) is 19.3. The van der Waals surface area contributed by atoms with Gasteiger partial charge >= 0.3 is 0 Å². The van der Waals surface area contributed by atoms with Gasteiger partial charge in [-0.15, -0.1) is 11.3 Å². The second-order valence-corrected chi connectivity index (χ2v) is 9.90. The van der Waals surface area contributed by atoms with Crippen molar-refractivity contribution >= 4 is 33.9 Å². The van der Waals surface area contributed by atoms with Gasteiger partial charge in [0.1, 0.15) is 23.8 Å². The zero-order chi connectivity index (χ0) is 22.1. The van der Waals surface area contributed by atoms with Crippen LogP contribution in [-0.2, 0) is 22.4 Å². The lowest BCUT2D eigenvalue weighted by atomic mass is 9.95. The minimum Gasteiger partial charge on any atom is -0.497 e. The molecule has 2 heterocycles. The Hall–Kier alpha value is -2.67. The fourth-order valence-corrected chi connectivity index (χ4v) is 6.46. The number of nitrogens with one attached hydrogen (secondary N) is 1. The molecule has 0 bridgehead atoms. The number of carbonyl (C=O) groups excluding carboxylic acids is 2. The van der Waals surface area contributed by atoms with E-state index in [1.54, 1.807) is 23.3 Å². The number of nitrogens with zero attached hydrogens (tertiary/aromatic N) is 2. The van der Waals surface area contributed by atoms with Gasteiger partial charge in [-0.2, -0.15) is 0 Å². The van der Waals surface area contributed by atoms with Gasteiger partial charge in [-0.1, -0.05) is 19.3 Å². The largest absolute Gasteiger partial charge is 0.497 e. The number of ether oxygens (including phenoxy) is 1. The van der Waals surface area contributed by atoms with Gasteiger partial charge in [-0.25, -0.2) is 0 Å². The van der Waals surface area contributed by atoms with E-state index >= 15 is 0 Å². The first-order valence-electron chi connectivity index (χ1n) is 11.6. The standard InChI is InChI=1S/C25H29N3O3S/c1-31-18-12-10-16(11-13-18)24-23-19-8-5-9-20(19)32-25(23)28(22(30)14-26-24)15-21(29)27-17-6-3-2-4-7-17/h10-13,17H,2-9,14-15H2,1H3,(H,27,29). The molecule has 0 saturated heterocycles. The molecule has 6 nitrogen and oxygen atoms in total. The van der Waals surface area contributed by atoms with Crippen LogP contribution >= 0.6 is 11.3 Å². The first-order chi connectivity index (χ1) is 15.6. The summed E-state index contributed by atoms with van der Waals surface area (Å²) in [5.41, 5.74) is 4.17. The molecule has 168 valence electrons. The number of hydrogen-bond donors (Lipinski definition) is 1. The first kappa shape index (κ1) is 21.2. The molecule has 7 heteroatoms. The molecule has 2 aliphatic carbocycles. The van der Waals surface area contributed by atoms with E-state index in [1.807, 2.05) is 24.3 Å². The van der Waals surface area contributed by atoms with Gasteiger partial charge in [-0.3, -0.25) is 19.5 Å². The molecular formula is C25H29N3O3S. The molecule has 1 N–H and O–H groups in total. The molecule has 5 rings (SSSR count). The number of thiophene rings is 1. The van der Waals surface area contributed by atoms with Crippen molar-refractivity contribution in [1.82, 2.24) is 5.32 Å². The van der Waals surface area contributed by atoms with Gasteiger partial charge in [0.25, 0.3) is 0 Å². The molecule has 1 aliphatic heterocycles. The smallest absolute Gasteiger partial charge is 0.249 e. The minimum atomic E-state index is -0.117. The number of methoxy groups -OCH3 is 1. The van der Waals surface area contributed by atoms with Crippen LogP contribution in [0.4, 0.5) is 5.00 Å². The fourth-order valence-electron chi connectivity index (χ4n) is 5.06. The summed E-state index contributed by atoms with van der Waals surface area (Å²) in [7, 11) is 1.65. The second-order valence-electron chi connectivity index (χ2n) is 8.81. The van der Waals surface area contributed by atoms with Crippen molar-refractivity contribution < 1.29 is 14.3 Å². The number of carbonyl (C=O) groups is 2. The van der Waals surface area contributed by atoms with Gasteiger partial charge in [0.05, 0.1) is 12.8 Å². The van der Waals surface area contributed by atoms with E-state index in [9.17, 15) is 9.59 Å². The van der Waals surface area contributed by atoms with E-state index in [1.165, 1.54) is 16.9 Å². The minimum absolute atomic E-state index is 0.0498. The van der Waals surface area contributed by atoms with Crippen molar-refractivity contribution in [2.75, 3.05) is 25.1 Å². The molecular weight excluding hydrogens is 422 g/mol. The molecule has 1 fully saturated rings. The Bertz CT molecular complexity index is 1050. The predicted molar refractivity (Wildman–Crippen MR) is 127 cm³/mol. The lowest BCUT2D eigenvalue weighted by molar-refractivity contribution is -0.123. The van der Waals surface area contributed by atoms with Crippen LogP contribution in [0.5, 0.6) is 5.75 Å². The Balaban J connectivity index is 1.47. The molecule has 1 saturated carbocycles. The maximum Gasteiger partial charge on any atom is 0.249 e. The maximum atomic E-state index is 13.1. The lowest BCUT2D eigenvalue weighted by Gasteiger charge is -2.25. The number of aliphatic imine (C=N–C) groups is 1. The maximum absolute atomic E-state index is 13.1. The molecule has 0 atom stereocenters. The highest BCUT2D eigenvalue weighted by molar-refractivity contribution is 7.17. The summed E-state index contributed by atoms with van der Waals surface area (Å²) in [6, 6.07) is 8.07. The van der Waals surface area contributed by atoms with Crippen molar-refractivity contribution in [1.29, 1.82) is 0 Å². The summed E-state index contributed by atoms with van der Waals surface area (Å²) >= 11 is 1.66. The number of anilines is 1. The van der Waals surface area contributed by atoms with E-state index < -0.39 is 0 Å². The quantitative estimate of drug-likeness (QED) is 0.750. The summed E-state index contributed by atoms with van der Waals surface area (Å²) < 4.78 is 5.31. The van der Waals surface area contributed by atoms with Crippen molar-refractivity contribution in [2.45, 2.75) is 57.4 Å². The van der Waals surface area contributed by atoms with Crippen LogP contribution in [0.1, 0.15) is 60.1 Å². The molecule has 3 aliphatic rings. The SMILES string of the molecule is COc1ccc(C2=NCC(=O)N(CC(=O)NC3CCCCC3)c3sc4c(c32)CCC4)cc1. The van der Waals surface area contributed by atoms with Crippen molar-refractivity contribution in [2.24, 2.45) is 4.99 Å². The fraction of sp³-hybridized carbons (Fsp3) is 0.480. The first-order valence-corrected chi connectivity index (χ1v) is 12.4. The summed E-state index contributed by atoms with van der Waals surface area (Å²) in [4.78, 5) is 33.8. The van der Waals surface area contributed by atoms with Crippen LogP contribution in [0, 0.1) is 0 Å². The average molecular weight is 452 g/mol. The monoisotopic (exact) mass is 451 g/mol. The van der Waals surface area contributed by atoms with E-state index in [0.717, 1.165) is 72.5 Å². The van der Waals surface area contributed by atoms with Crippen molar-refractivity contribution in [3.63, 3.8) is 0 Å². The summed E-state index contributed by atoms with van der Waals surface area (Å²) in [5.74, 6) is 0.599. The molecule has 0 radical (unpaired) electrons. The predicted octanol–water partition coefficient (Wildman–Crippen LogP) is 3.88. The number of rotatable bonds is 5. The Morgan fingerprint density at radius 1 is 1.16 bits per heavy atom.